The standard InChI is InChI=1S/C18H21N5O3/c1-10(12-7-5-4-6-8-12)19-18(25)21-14-9-13-15(16(20-14)11(2)24)17(26-3)23-22-13/h4-11,24H,1-3H3,(H,22,23)(H2,19,20,21,25)/t10-,11+/m1/s1. The van der Waals surface area contributed by atoms with E-state index in [0.717, 1.165) is 5.56 Å². The highest BCUT2D eigenvalue weighted by Crippen LogP contribution is 2.30. The SMILES string of the molecule is COc1n[nH]c2cc(NC(=O)N[C@H](C)c3ccccc3)nc([C@H](C)O)c12. The molecule has 3 aromatic rings. The van der Waals surface area contributed by atoms with Crippen LogP contribution in [0.4, 0.5) is 10.6 Å². The minimum Gasteiger partial charge on any atom is -0.479 e. The summed E-state index contributed by atoms with van der Waals surface area (Å²) in [5.41, 5.74) is 1.98. The van der Waals surface area contributed by atoms with E-state index in [1.165, 1.54) is 7.11 Å². The van der Waals surface area contributed by atoms with Gasteiger partial charge in [0.2, 0.25) is 5.88 Å². The van der Waals surface area contributed by atoms with Crippen molar-refractivity contribution in [1.82, 2.24) is 20.5 Å². The highest BCUT2D eigenvalue weighted by Gasteiger charge is 2.19. The lowest BCUT2D eigenvalue weighted by atomic mass is 10.1. The molecule has 4 N–H and O–H groups in total. The summed E-state index contributed by atoms with van der Waals surface area (Å²) in [4.78, 5) is 16.6. The van der Waals surface area contributed by atoms with Gasteiger partial charge in [-0.25, -0.2) is 9.78 Å². The van der Waals surface area contributed by atoms with Crippen LogP contribution in [0.2, 0.25) is 0 Å². The van der Waals surface area contributed by atoms with Crippen molar-refractivity contribution < 1.29 is 14.6 Å². The number of fused-ring (bicyclic) bond motifs is 1. The average Bonchev–Trinajstić information content (AvgIpc) is 3.04. The lowest BCUT2D eigenvalue weighted by molar-refractivity contribution is 0.196. The van der Waals surface area contributed by atoms with E-state index in [1.807, 2.05) is 37.3 Å². The summed E-state index contributed by atoms with van der Waals surface area (Å²) >= 11 is 0. The highest BCUT2D eigenvalue weighted by atomic mass is 16.5. The van der Waals surface area contributed by atoms with E-state index in [0.29, 0.717) is 28.3 Å². The number of hydrogen-bond acceptors (Lipinski definition) is 5. The summed E-state index contributed by atoms with van der Waals surface area (Å²) < 4.78 is 5.19. The van der Waals surface area contributed by atoms with Crippen molar-refractivity contribution in [1.29, 1.82) is 0 Å². The normalized spacial score (nSPS) is 13.2. The van der Waals surface area contributed by atoms with Crippen molar-refractivity contribution in [3.63, 3.8) is 0 Å². The first-order valence-electron chi connectivity index (χ1n) is 8.23. The van der Waals surface area contributed by atoms with Crippen LogP contribution in [0, 0.1) is 0 Å². The van der Waals surface area contributed by atoms with Gasteiger partial charge in [-0.3, -0.25) is 10.4 Å². The second kappa shape index (κ2) is 7.40. The molecule has 2 amide bonds. The molecule has 0 aliphatic heterocycles. The van der Waals surface area contributed by atoms with Crippen LogP contribution in [0.5, 0.6) is 5.88 Å². The van der Waals surface area contributed by atoms with Gasteiger partial charge in [0.15, 0.2) is 0 Å². The number of hydrogen-bond donors (Lipinski definition) is 4. The molecule has 2 atom stereocenters. The number of carbonyl (C=O) groups excluding carboxylic acids is 1. The molecule has 0 aliphatic rings. The molecule has 0 saturated carbocycles. The number of ether oxygens (including phenoxy) is 1. The van der Waals surface area contributed by atoms with E-state index in [9.17, 15) is 9.90 Å². The lowest BCUT2D eigenvalue weighted by Crippen LogP contribution is -2.31. The van der Waals surface area contributed by atoms with Gasteiger partial charge in [-0.2, -0.15) is 0 Å². The number of amides is 2. The summed E-state index contributed by atoms with van der Waals surface area (Å²) in [5, 5.41) is 23.0. The minimum atomic E-state index is -0.850. The highest BCUT2D eigenvalue weighted by molar-refractivity contribution is 5.93. The van der Waals surface area contributed by atoms with Crippen molar-refractivity contribution in [2.24, 2.45) is 0 Å². The fourth-order valence-corrected chi connectivity index (χ4v) is 2.73. The number of nitrogens with one attached hydrogen (secondary N) is 3. The number of urea groups is 1. The van der Waals surface area contributed by atoms with E-state index in [-0.39, 0.29) is 6.04 Å². The Kier molecular flexibility index (Phi) is 5.04. The van der Waals surface area contributed by atoms with Crippen molar-refractivity contribution in [2.75, 3.05) is 12.4 Å². The van der Waals surface area contributed by atoms with Crippen molar-refractivity contribution in [2.45, 2.75) is 26.0 Å². The van der Waals surface area contributed by atoms with Gasteiger partial charge in [0.1, 0.15) is 5.82 Å². The molecule has 0 fully saturated rings. The third-order valence-corrected chi connectivity index (χ3v) is 4.02. The fraction of sp³-hybridized carbons (Fsp3) is 0.278. The maximum atomic E-state index is 12.3. The lowest BCUT2D eigenvalue weighted by Gasteiger charge is -2.15. The molecule has 0 radical (unpaired) electrons. The van der Waals surface area contributed by atoms with Crippen LogP contribution in [0.1, 0.15) is 37.3 Å². The topological polar surface area (TPSA) is 112 Å². The monoisotopic (exact) mass is 355 g/mol. The number of rotatable bonds is 5. The molecule has 3 rings (SSSR count). The number of H-pyrrole nitrogens is 1. The molecule has 8 nitrogen and oxygen atoms in total. The van der Waals surface area contributed by atoms with Gasteiger partial charge in [-0.05, 0) is 19.4 Å². The number of carbonyl (C=O) groups is 1. The molecule has 0 unspecified atom stereocenters. The van der Waals surface area contributed by atoms with Gasteiger partial charge in [0.25, 0.3) is 0 Å². The first-order valence-corrected chi connectivity index (χ1v) is 8.23. The number of aromatic amines is 1. The molecule has 0 aliphatic carbocycles. The molecule has 1 aromatic carbocycles. The maximum absolute atomic E-state index is 12.3. The quantitative estimate of drug-likeness (QED) is 0.562. The number of pyridine rings is 1. The Labute approximate surface area is 150 Å². The molecule has 8 heteroatoms. The molecule has 0 spiro atoms. The van der Waals surface area contributed by atoms with E-state index in [1.54, 1.807) is 13.0 Å². The van der Waals surface area contributed by atoms with Crippen molar-refractivity contribution in [3.8, 4) is 5.88 Å². The zero-order chi connectivity index (χ0) is 18.7. The largest absolute Gasteiger partial charge is 0.479 e. The van der Waals surface area contributed by atoms with Crippen LogP contribution in [0.15, 0.2) is 36.4 Å². The van der Waals surface area contributed by atoms with Crippen LogP contribution in [-0.2, 0) is 0 Å². The van der Waals surface area contributed by atoms with Crippen LogP contribution in [-0.4, -0.2) is 33.4 Å². The van der Waals surface area contributed by atoms with Gasteiger partial charge >= 0.3 is 6.03 Å². The van der Waals surface area contributed by atoms with Gasteiger partial charge in [-0.15, -0.1) is 5.10 Å². The van der Waals surface area contributed by atoms with E-state index >= 15 is 0 Å². The zero-order valence-electron chi connectivity index (χ0n) is 14.8. The minimum absolute atomic E-state index is 0.164. The molecule has 2 heterocycles. The number of aliphatic hydroxyl groups excluding tert-OH is 1. The Balaban J connectivity index is 1.81. The maximum Gasteiger partial charge on any atom is 0.320 e. The van der Waals surface area contributed by atoms with Crippen LogP contribution < -0.4 is 15.4 Å². The first-order chi connectivity index (χ1) is 12.5. The second-order valence-corrected chi connectivity index (χ2v) is 5.95. The summed E-state index contributed by atoms with van der Waals surface area (Å²) in [7, 11) is 1.49. The number of methoxy groups -OCH3 is 1. The fourth-order valence-electron chi connectivity index (χ4n) is 2.73. The number of aromatic nitrogens is 3. The van der Waals surface area contributed by atoms with E-state index in [2.05, 4.69) is 25.8 Å². The van der Waals surface area contributed by atoms with E-state index in [4.69, 9.17) is 4.74 Å². The summed E-state index contributed by atoms with van der Waals surface area (Å²) in [6.45, 7) is 3.49. The Bertz CT molecular complexity index is 908. The molecule has 0 bridgehead atoms. The first kappa shape index (κ1) is 17.7. The molecular formula is C18H21N5O3. The van der Waals surface area contributed by atoms with Gasteiger partial charge in [-0.1, -0.05) is 30.3 Å². The molecular weight excluding hydrogens is 334 g/mol. The summed E-state index contributed by atoms with van der Waals surface area (Å²) in [6.07, 6.45) is -0.850. The van der Waals surface area contributed by atoms with Crippen LogP contribution >= 0.6 is 0 Å². The number of benzene rings is 1. The zero-order valence-corrected chi connectivity index (χ0v) is 14.8. The predicted molar refractivity (Wildman–Crippen MR) is 98.1 cm³/mol. The molecule has 0 saturated heterocycles. The van der Waals surface area contributed by atoms with Crippen molar-refractivity contribution in [3.05, 3.63) is 47.7 Å². The Morgan fingerprint density at radius 1 is 1.27 bits per heavy atom. The Morgan fingerprint density at radius 2 is 2.00 bits per heavy atom. The smallest absolute Gasteiger partial charge is 0.320 e. The Hall–Kier alpha value is -3.13. The van der Waals surface area contributed by atoms with Crippen LogP contribution in [0.3, 0.4) is 0 Å². The number of aliphatic hydroxyl groups is 1. The number of nitrogens with zero attached hydrogens (tertiary/aromatic N) is 2. The van der Waals surface area contributed by atoms with Gasteiger partial charge < -0.3 is 15.2 Å². The third-order valence-electron chi connectivity index (χ3n) is 4.02. The number of anilines is 1. The molecule has 136 valence electrons. The average molecular weight is 355 g/mol. The van der Waals surface area contributed by atoms with Gasteiger partial charge in [0.05, 0.1) is 35.9 Å². The second-order valence-electron chi connectivity index (χ2n) is 5.95. The van der Waals surface area contributed by atoms with Gasteiger partial charge in [0, 0.05) is 6.07 Å². The molecule has 2 aromatic heterocycles. The molecule has 26 heavy (non-hydrogen) atoms. The van der Waals surface area contributed by atoms with Crippen molar-refractivity contribution >= 4 is 22.8 Å². The van der Waals surface area contributed by atoms with E-state index < -0.39 is 12.1 Å². The Morgan fingerprint density at radius 3 is 2.65 bits per heavy atom. The van der Waals surface area contributed by atoms with Crippen LogP contribution in [0.25, 0.3) is 10.9 Å². The summed E-state index contributed by atoms with van der Waals surface area (Å²) in [5.74, 6) is 0.648. The third kappa shape index (κ3) is 3.60. The summed E-state index contributed by atoms with van der Waals surface area (Å²) in [6, 6.07) is 10.7. The predicted octanol–water partition coefficient (Wildman–Crippen LogP) is 2.90.